The molecule has 2 saturated carbocycles. The summed E-state index contributed by atoms with van der Waals surface area (Å²) in [6.07, 6.45) is 9.17. The number of hydrogen-bond donors (Lipinski definition) is 4. The minimum atomic E-state index is -2.89. The predicted molar refractivity (Wildman–Crippen MR) is 121 cm³/mol. The summed E-state index contributed by atoms with van der Waals surface area (Å²) in [5.74, 6) is -6.16. The Hall–Kier alpha value is -2.58. The molecule has 0 spiro atoms. The van der Waals surface area contributed by atoms with Gasteiger partial charge in [0.05, 0.1) is 11.3 Å². The molecule has 184 valence electrons. The van der Waals surface area contributed by atoms with Crippen LogP contribution in [0.2, 0.25) is 0 Å². The van der Waals surface area contributed by atoms with Crippen LogP contribution in [0.1, 0.15) is 52.9 Å². The van der Waals surface area contributed by atoms with Gasteiger partial charge in [-0.2, -0.15) is 0 Å². The molecule has 34 heavy (non-hydrogen) atoms. The number of aliphatic hydroxyl groups is 2. The monoisotopic (exact) mass is 472 g/mol. The topological polar surface area (TPSA) is 149 Å². The van der Waals surface area contributed by atoms with Crippen molar-refractivity contribution in [2.75, 3.05) is 6.61 Å². The molecule has 4 aliphatic rings. The zero-order chi connectivity index (χ0) is 25.3. The largest absolute Gasteiger partial charge is 0.481 e. The fraction of sp³-hybridized carbons (Fsp3) is 0.615. The molecule has 4 aliphatic carbocycles. The third-order valence-corrected chi connectivity index (χ3v) is 9.74. The van der Waals surface area contributed by atoms with E-state index in [4.69, 9.17) is 0 Å². The molecular weight excluding hydrogens is 440 g/mol. The van der Waals surface area contributed by atoms with Gasteiger partial charge in [0.1, 0.15) is 6.61 Å². The predicted octanol–water partition coefficient (Wildman–Crippen LogP) is 2.30. The molecule has 0 aliphatic heterocycles. The number of aliphatic hydroxyl groups excluding tert-OH is 1. The van der Waals surface area contributed by atoms with Crippen LogP contribution in [0.4, 0.5) is 0 Å². The summed E-state index contributed by atoms with van der Waals surface area (Å²) in [4.78, 5) is 49.8. The molecule has 7 atom stereocenters. The van der Waals surface area contributed by atoms with Crippen LogP contribution >= 0.6 is 0 Å². The summed E-state index contributed by atoms with van der Waals surface area (Å²) in [7, 11) is 0. The van der Waals surface area contributed by atoms with Crippen molar-refractivity contribution in [3.05, 3.63) is 35.5 Å². The van der Waals surface area contributed by atoms with Crippen molar-refractivity contribution in [3.8, 4) is 0 Å². The lowest BCUT2D eigenvalue weighted by atomic mass is 9.45. The van der Waals surface area contributed by atoms with Crippen LogP contribution in [0.25, 0.3) is 0 Å². The first-order valence-corrected chi connectivity index (χ1v) is 11.8. The second-order valence-electron chi connectivity index (χ2n) is 10.8. The normalized spacial score (nSPS) is 39.0. The minimum absolute atomic E-state index is 0.0229. The molecule has 0 radical (unpaired) electrons. The molecule has 0 aromatic rings. The molecule has 0 bridgehead atoms. The summed E-state index contributed by atoms with van der Waals surface area (Å²) in [6.45, 7) is 3.94. The summed E-state index contributed by atoms with van der Waals surface area (Å²) >= 11 is 0. The first-order chi connectivity index (χ1) is 15.8. The van der Waals surface area contributed by atoms with Crippen LogP contribution in [-0.2, 0) is 19.2 Å². The number of ketones is 2. The quantitative estimate of drug-likeness (QED) is 0.430. The van der Waals surface area contributed by atoms with E-state index in [2.05, 4.69) is 6.92 Å². The third-order valence-electron chi connectivity index (χ3n) is 9.74. The second kappa shape index (κ2) is 7.71. The van der Waals surface area contributed by atoms with Gasteiger partial charge in [-0.25, -0.2) is 4.79 Å². The van der Waals surface area contributed by atoms with Crippen molar-refractivity contribution in [1.29, 1.82) is 0 Å². The lowest BCUT2D eigenvalue weighted by Crippen LogP contribution is -2.69. The van der Waals surface area contributed by atoms with Crippen LogP contribution in [0.5, 0.6) is 0 Å². The molecule has 2 fully saturated rings. The highest BCUT2D eigenvalue weighted by Gasteiger charge is 2.75. The summed E-state index contributed by atoms with van der Waals surface area (Å²) in [6, 6.07) is 0. The fourth-order valence-electron chi connectivity index (χ4n) is 7.90. The molecular formula is C26H32O8. The Morgan fingerprint density at radius 1 is 1.21 bits per heavy atom. The molecule has 4 rings (SSSR count). The summed E-state index contributed by atoms with van der Waals surface area (Å²) in [5, 5.41) is 41.4. The Balaban J connectivity index is 1.90. The number of carbonyl (C=O) groups excluding carboxylic acids is 2. The van der Waals surface area contributed by atoms with E-state index in [0.29, 0.717) is 19.3 Å². The smallest absolute Gasteiger partial charge is 0.337 e. The lowest BCUT2D eigenvalue weighted by Gasteiger charge is -2.58. The highest BCUT2D eigenvalue weighted by molar-refractivity contribution is 6.01. The van der Waals surface area contributed by atoms with Crippen LogP contribution in [0.15, 0.2) is 35.5 Å². The SMILES string of the molecule is CC(C(=O)O)C(O)(C(=O)O)[C@]1(C(=O)CO)CCC2C3CCC4=CC(=O)C=C[C@]4(C)C3=CC[C@@]21C. The Kier molecular flexibility index (Phi) is 5.57. The van der Waals surface area contributed by atoms with E-state index in [1.807, 2.05) is 12.2 Å². The number of aliphatic carboxylic acids is 2. The van der Waals surface area contributed by atoms with E-state index in [-0.39, 0.29) is 30.5 Å². The number of fused-ring (bicyclic) bond motifs is 5. The highest BCUT2D eigenvalue weighted by Crippen LogP contribution is 2.71. The van der Waals surface area contributed by atoms with E-state index >= 15 is 0 Å². The van der Waals surface area contributed by atoms with Crippen LogP contribution in [-0.4, -0.2) is 56.1 Å². The van der Waals surface area contributed by atoms with Gasteiger partial charge in [-0.05, 0) is 75.4 Å². The number of allylic oxidation sites excluding steroid dienone is 6. The molecule has 8 heteroatoms. The summed E-state index contributed by atoms with van der Waals surface area (Å²) < 4.78 is 0. The van der Waals surface area contributed by atoms with Crippen molar-refractivity contribution in [1.82, 2.24) is 0 Å². The van der Waals surface area contributed by atoms with E-state index < -0.39 is 52.1 Å². The number of hydrogen-bond acceptors (Lipinski definition) is 6. The van der Waals surface area contributed by atoms with Gasteiger partial charge in [-0.1, -0.05) is 30.2 Å². The minimum Gasteiger partial charge on any atom is -0.481 e. The molecule has 0 heterocycles. The standard InChI is InChI=1S/C26H32O8/c1-14(21(30)31)26(34,22(32)33)25(20(29)13-27)11-8-19-17-5-4-15-12-16(28)6-9-23(15,2)18(17)7-10-24(19,25)3/h6-7,9,12,14,17,19,27,34H,4-5,8,10-11,13H2,1-3H3,(H,30,31)(H,32,33)/t14?,17?,19?,23-,24-,25-,26?/m0/s1. The van der Waals surface area contributed by atoms with Gasteiger partial charge in [-0.3, -0.25) is 14.4 Å². The van der Waals surface area contributed by atoms with Crippen molar-refractivity contribution in [3.63, 3.8) is 0 Å². The molecule has 0 amide bonds. The number of rotatable bonds is 6. The van der Waals surface area contributed by atoms with E-state index in [1.165, 1.54) is 0 Å². The molecule has 0 aromatic heterocycles. The van der Waals surface area contributed by atoms with Crippen LogP contribution < -0.4 is 0 Å². The number of Topliss-reactive ketones (excluding diaryl/α,β-unsaturated/α-hetero) is 1. The zero-order valence-electron chi connectivity index (χ0n) is 19.7. The van der Waals surface area contributed by atoms with Crippen LogP contribution in [0, 0.1) is 34.0 Å². The third kappa shape index (κ3) is 2.78. The number of carboxylic acid groups (broad SMARTS) is 2. The maximum absolute atomic E-state index is 13.4. The lowest BCUT2D eigenvalue weighted by molar-refractivity contribution is -0.212. The maximum atomic E-state index is 13.4. The van der Waals surface area contributed by atoms with E-state index in [9.17, 15) is 39.6 Å². The van der Waals surface area contributed by atoms with E-state index in [0.717, 1.165) is 18.1 Å². The van der Waals surface area contributed by atoms with Gasteiger partial charge in [0, 0.05) is 5.41 Å². The van der Waals surface area contributed by atoms with Crippen molar-refractivity contribution < 1.29 is 39.6 Å². The van der Waals surface area contributed by atoms with Gasteiger partial charge >= 0.3 is 11.9 Å². The van der Waals surface area contributed by atoms with Gasteiger partial charge in [0.2, 0.25) is 0 Å². The second-order valence-corrected chi connectivity index (χ2v) is 10.8. The number of carbonyl (C=O) groups is 4. The number of carboxylic acids is 2. The van der Waals surface area contributed by atoms with E-state index in [1.54, 1.807) is 19.1 Å². The van der Waals surface area contributed by atoms with Gasteiger partial charge in [0.25, 0.3) is 0 Å². The molecule has 0 saturated heterocycles. The van der Waals surface area contributed by atoms with Crippen molar-refractivity contribution in [2.45, 2.75) is 58.5 Å². The Morgan fingerprint density at radius 3 is 2.47 bits per heavy atom. The molecule has 0 aromatic carbocycles. The Morgan fingerprint density at radius 2 is 1.88 bits per heavy atom. The van der Waals surface area contributed by atoms with Gasteiger partial charge in [0.15, 0.2) is 17.2 Å². The average Bonchev–Trinajstić information content (AvgIpc) is 3.11. The van der Waals surface area contributed by atoms with Gasteiger partial charge in [-0.15, -0.1) is 0 Å². The summed E-state index contributed by atoms with van der Waals surface area (Å²) in [5.41, 5.74) is -4.24. The highest BCUT2D eigenvalue weighted by atomic mass is 16.4. The Labute approximate surface area is 198 Å². The van der Waals surface area contributed by atoms with Gasteiger partial charge < -0.3 is 20.4 Å². The van der Waals surface area contributed by atoms with Crippen molar-refractivity contribution >= 4 is 23.5 Å². The first-order valence-electron chi connectivity index (χ1n) is 11.8. The Bertz CT molecular complexity index is 1070. The average molecular weight is 473 g/mol. The maximum Gasteiger partial charge on any atom is 0.337 e. The zero-order valence-corrected chi connectivity index (χ0v) is 19.7. The van der Waals surface area contributed by atoms with Crippen LogP contribution in [0.3, 0.4) is 0 Å². The first kappa shape index (κ1) is 24.5. The van der Waals surface area contributed by atoms with Crippen molar-refractivity contribution in [2.24, 2.45) is 34.0 Å². The molecule has 4 N–H and O–H groups in total. The fourth-order valence-corrected chi connectivity index (χ4v) is 7.90. The molecule has 4 unspecified atom stereocenters. The molecule has 8 nitrogen and oxygen atoms in total.